The van der Waals surface area contributed by atoms with Gasteiger partial charge >= 0.3 is 0 Å². The molecule has 0 aliphatic carbocycles. The van der Waals surface area contributed by atoms with Gasteiger partial charge in [0, 0.05) is 12.3 Å². The van der Waals surface area contributed by atoms with E-state index >= 15 is 0 Å². The molecule has 0 aliphatic rings. The summed E-state index contributed by atoms with van der Waals surface area (Å²) in [4.78, 5) is 0.0688. The third-order valence-electron chi connectivity index (χ3n) is 2.62. The zero-order valence-corrected chi connectivity index (χ0v) is 13.7. The predicted molar refractivity (Wildman–Crippen MR) is 79.8 cm³/mol. The van der Waals surface area contributed by atoms with E-state index in [1.165, 1.54) is 12.3 Å². The van der Waals surface area contributed by atoms with Gasteiger partial charge in [-0.1, -0.05) is 6.92 Å². The van der Waals surface area contributed by atoms with E-state index in [9.17, 15) is 8.42 Å². The van der Waals surface area contributed by atoms with Crippen LogP contribution in [0.5, 0.6) is 0 Å². The fourth-order valence-corrected chi connectivity index (χ4v) is 3.59. The van der Waals surface area contributed by atoms with Crippen LogP contribution in [0, 0.1) is 0 Å². The van der Waals surface area contributed by atoms with Gasteiger partial charge in [-0.2, -0.15) is 10.2 Å². The number of nitrogens with one attached hydrogen (secondary N) is 2. The summed E-state index contributed by atoms with van der Waals surface area (Å²) >= 11 is 3.13. The molecular formula is C12H15BrN4O3S. The van der Waals surface area contributed by atoms with Crippen LogP contribution in [0.25, 0.3) is 0 Å². The van der Waals surface area contributed by atoms with Crippen LogP contribution in [0.3, 0.4) is 0 Å². The summed E-state index contributed by atoms with van der Waals surface area (Å²) in [7, 11) is -3.68. The molecule has 0 saturated carbocycles. The van der Waals surface area contributed by atoms with Crippen LogP contribution < -0.4 is 10.0 Å². The summed E-state index contributed by atoms with van der Waals surface area (Å²) in [6.45, 7) is 3.26. The minimum atomic E-state index is -3.68. The van der Waals surface area contributed by atoms with Gasteiger partial charge in [0.15, 0.2) is 4.67 Å². The first-order valence-corrected chi connectivity index (χ1v) is 8.55. The zero-order valence-electron chi connectivity index (χ0n) is 11.3. The molecule has 0 aromatic carbocycles. The SMILES string of the molecule is CCNCc1cc(S(=O)(=O)NCc2cccnn2)c(Br)o1. The number of hydrogen-bond donors (Lipinski definition) is 2. The Kier molecular flexibility index (Phi) is 5.45. The van der Waals surface area contributed by atoms with Gasteiger partial charge in [0.05, 0.1) is 18.8 Å². The highest BCUT2D eigenvalue weighted by molar-refractivity contribution is 9.10. The minimum Gasteiger partial charge on any atom is -0.452 e. The van der Waals surface area contributed by atoms with Crippen LogP contribution in [-0.2, 0) is 23.1 Å². The molecule has 0 saturated heterocycles. The lowest BCUT2D eigenvalue weighted by atomic mass is 10.4. The highest BCUT2D eigenvalue weighted by Gasteiger charge is 2.22. The Hall–Kier alpha value is -1.29. The van der Waals surface area contributed by atoms with Crippen molar-refractivity contribution in [3.8, 4) is 0 Å². The third-order valence-corrected chi connectivity index (χ3v) is 4.87. The molecule has 0 unspecified atom stereocenters. The first-order valence-electron chi connectivity index (χ1n) is 6.28. The van der Waals surface area contributed by atoms with Gasteiger partial charge in [0.1, 0.15) is 10.7 Å². The molecule has 0 spiro atoms. The highest BCUT2D eigenvalue weighted by Crippen LogP contribution is 2.26. The molecule has 2 aromatic heterocycles. The van der Waals surface area contributed by atoms with Gasteiger partial charge in [-0.25, -0.2) is 13.1 Å². The van der Waals surface area contributed by atoms with Gasteiger partial charge in [-0.15, -0.1) is 0 Å². The quantitative estimate of drug-likeness (QED) is 0.760. The smallest absolute Gasteiger partial charge is 0.245 e. The Morgan fingerprint density at radius 3 is 2.86 bits per heavy atom. The van der Waals surface area contributed by atoms with Crippen LogP contribution in [0.4, 0.5) is 0 Å². The normalized spacial score (nSPS) is 11.7. The van der Waals surface area contributed by atoms with Gasteiger partial charge in [0.25, 0.3) is 0 Å². The van der Waals surface area contributed by atoms with Crippen LogP contribution in [-0.4, -0.2) is 25.2 Å². The first-order chi connectivity index (χ1) is 10.0. The molecule has 0 radical (unpaired) electrons. The number of halogens is 1. The maximum absolute atomic E-state index is 12.2. The van der Waals surface area contributed by atoms with Crippen molar-refractivity contribution in [1.82, 2.24) is 20.2 Å². The van der Waals surface area contributed by atoms with Crippen molar-refractivity contribution in [2.24, 2.45) is 0 Å². The minimum absolute atomic E-state index is 0.0658. The molecule has 21 heavy (non-hydrogen) atoms. The monoisotopic (exact) mass is 374 g/mol. The molecule has 114 valence electrons. The summed E-state index contributed by atoms with van der Waals surface area (Å²) in [6.07, 6.45) is 1.53. The fraction of sp³-hybridized carbons (Fsp3) is 0.333. The van der Waals surface area contributed by atoms with Crippen molar-refractivity contribution in [3.63, 3.8) is 0 Å². The molecule has 0 fully saturated rings. The molecule has 0 amide bonds. The Bertz CT molecular complexity index is 688. The Morgan fingerprint density at radius 1 is 1.38 bits per heavy atom. The second-order valence-electron chi connectivity index (χ2n) is 4.17. The summed E-state index contributed by atoms with van der Waals surface area (Å²) in [5, 5.41) is 10.6. The third kappa shape index (κ3) is 4.34. The van der Waals surface area contributed by atoms with Crippen molar-refractivity contribution in [3.05, 3.63) is 40.5 Å². The zero-order chi connectivity index (χ0) is 15.3. The number of sulfonamides is 1. The Morgan fingerprint density at radius 2 is 2.19 bits per heavy atom. The van der Waals surface area contributed by atoms with Crippen molar-refractivity contribution in [2.75, 3.05) is 6.54 Å². The van der Waals surface area contributed by atoms with Gasteiger partial charge < -0.3 is 9.73 Å². The molecule has 9 heteroatoms. The standard InChI is InChI=1S/C12H15BrN4O3S/c1-2-14-8-10-6-11(12(13)20-10)21(18,19)16-7-9-4-3-5-15-17-9/h3-6,14,16H,2,7-8H2,1H3. The number of aromatic nitrogens is 2. The van der Waals surface area contributed by atoms with E-state index in [2.05, 4.69) is 36.2 Å². The van der Waals surface area contributed by atoms with Gasteiger partial charge in [-0.05, 0) is 34.6 Å². The molecule has 7 nitrogen and oxygen atoms in total. The van der Waals surface area contributed by atoms with Crippen LogP contribution in [0.15, 0.2) is 38.4 Å². The number of furan rings is 1. The summed E-state index contributed by atoms with van der Waals surface area (Å²) in [6, 6.07) is 4.88. The van der Waals surface area contributed by atoms with Crippen LogP contribution >= 0.6 is 15.9 Å². The summed E-state index contributed by atoms with van der Waals surface area (Å²) in [5.41, 5.74) is 0.536. The lowest BCUT2D eigenvalue weighted by Crippen LogP contribution is -2.23. The largest absolute Gasteiger partial charge is 0.452 e. The Balaban J connectivity index is 2.10. The Labute approximate surface area is 131 Å². The van der Waals surface area contributed by atoms with E-state index in [0.717, 1.165) is 6.54 Å². The fourth-order valence-electron chi connectivity index (χ4n) is 1.59. The van der Waals surface area contributed by atoms with Crippen molar-refractivity contribution in [1.29, 1.82) is 0 Å². The first kappa shape index (κ1) is 16.1. The predicted octanol–water partition coefficient (Wildman–Crippen LogP) is 1.42. The van der Waals surface area contributed by atoms with Crippen molar-refractivity contribution in [2.45, 2.75) is 24.9 Å². The van der Waals surface area contributed by atoms with Crippen molar-refractivity contribution < 1.29 is 12.8 Å². The summed E-state index contributed by atoms with van der Waals surface area (Å²) < 4.78 is 32.5. The van der Waals surface area contributed by atoms with E-state index in [1.54, 1.807) is 12.1 Å². The number of hydrogen-bond acceptors (Lipinski definition) is 6. The second-order valence-corrected chi connectivity index (χ2v) is 6.63. The molecular weight excluding hydrogens is 360 g/mol. The van der Waals surface area contributed by atoms with Crippen LogP contribution in [0.1, 0.15) is 18.4 Å². The average Bonchev–Trinajstić information content (AvgIpc) is 2.86. The van der Waals surface area contributed by atoms with E-state index < -0.39 is 10.0 Å². The molecule has 0 aliphatic heterocycles. The van der Waals surface area contributed by atoms with Gasteiger partial charge in [0.2, 0.25) is 10.0 Å². The van der Waals surface area contributed by atoms with E-state index in [4.69, 9.17) is 4.42 Å². The van der Waals surface area contributed by atoms with Gasteiger partial charge in [-0.3, -0.25) is 0 Å². The van der Waals surface area contributed by atoms with E-state index in [1.807, 2.05) is 6.92 Å². The number of rotatable bonds is 7. The molecule has 2 N–H and O–H groups in total. The van der Waals surface area contributed by atoms with E-state index in [0.29, 0.717) is 18.0 Å². The topological polar surface area (TPSA) is 97.1 Å². The number of nitrogens with zero attached hydrogens (tertiary/aromatic N) is 2. The molecule has 0 bridgehead atoms. The van der Waals surface area contributed by atoms with Crippen LogP contribution in [0.2, 0.25) is 0 Å². The molecule has 2 rings (SSSR count). The molecule has 2 heterocycles. The summed E-state index contributed by atoms with van der Waals surface area (Å²) in [5.74, 6) is 0.545. The molecule has 2 aromatic rings. The maximum Gasteiger partial charge on any atom is 0.245 e. The van der Waals surface area contributed by atoms with E-state index in [-0.39, 0.29) is 16.1 Å². The van der Waals surface area contributed by atoms with Crippen molar-refractivity contribution >= 4 is 26.0 Å². The molecule has 0 atom stereocenters. The lowest BCUT2D eigenvalue weighted by molar-refractivity contribution is 0.464. The second kappa shape index (κ2) is 7.12. The highest BCUT2D eigenvalue weighted by atomic mass is 79.9. The maximum atomic E-state index is 12.2. The lowest BCUT2D eigenvalue weighted by Gasteiger charge is -2.03. The average molecular weight is 375 g/mol.